The second-order valence-electron chi connectivity index (χ2n) is 7.08. The van der Waals surface area contributed by atoms with Gasteiger partial charge in [0.1, 0.15) is 5.75 Å². The summed E-state index contributed by atoms with van der Waals surface area (Å²) < 4.78 is 0. The Morgan fingerprint density at radius 1 is 1.23 bits per heavy atom. The molecule has 1 fully saturated rings. The first kappa shape index (κ1) is 17.6. The van der Waals surface area contributed by atoms with Gasteiger partial charge in [-0.15, -0.1) is 12.4 Å². The molecule has 0 aromatic heterocycles. The van der Waals surface area contributed by atoms with Gasteiger partial charge in [-0.3, -0.25) is 0 Å². The van der Waals surface area contributed by atoms with Gasteiger partial charge in [-0.05, 0) is 67.6 Å². The van der Waals surface area contributed by atoms with Crippen LogP contribution in [-0.4, -0.2) is 5.11 Å². The monoisotopic (exact) mass is 323 g/mol. The molecule has 22 heavy (non-hydrogen) atoms. The minimum absolute atomic E-state index is 0. The van der Waals surface area contributed by atoms with Crippen LogP contribution in [-0.2, 0) is 6.42 Å². The Balaban J connectivity index is 0.00000176. The zero-order valence-electron chi connectivity index (χ0n) is 13.9. The second kappa shape index (κ2) is 7.23. The first-order valence-corrected chi connectivity index (χ1v) is 8.74. The maximum Gasteiger partial charge on any atom is 0.124 e. The average Bonchev–Trinajstić information content (AvgIpc) is 2.89. The maximum atomic E-state index is 10.9. The summed E-state index contributed by atoms with van der Waals surface area (Å²) in [6.07, 6.45) is 9.85. The molecule has 1 aromatic carbocycles. The van der Waals surface area contributed by atoms with Gasteiger partial charge in [0.05, 0.1) is 0 Å². The predicted molar refractivity (Wildman–Crippen MR) is 94.9 cm³/mol. The summed E-state index contributed by atoms with van der Waals surface area (Å²) in [5.74, 6) is 1.77. The minimum Gasteiger partial charge on any atom is -0.507 e. The summed E-state index contributed by atoms with van der Waals surface area (Å²) in [4.78, 5) is 0. The number of phenolic OH excluding ortho intramolecular Hbond substituents is 1. The van der Waals surface area contributed by atoms with Crippen molar-refractivity contribution in [2.45, 2.75) is 77.2 Å². The molecular weight excluding hydrogens is 294 g/mol. The molecule has 3 rings (SSSR count). The highest BCUT2D eigenvalue weighted by atomic mass is 35.5. The van der Waals surface area contributed by atoms with E-state index in [1.54, 1.807) is 0 Å². The summed E-state index contributed by atoms with van der Waals surface area (Å²) in [7, 11) is 0. The van der Waals surface area contributed by atoms with Crippen molar-refractivity contribution in [1.82, 2.24) is 0 Å². The molecule has 2 unspecified atom stereocenters. The van der Waals surface area contributed by atoms with Gasteiger partial charge in [-0.25, -0.2) is 0 Å². The number of nitrogens with two attached hydrogens (primary N) is 1. The number of hydrogen-bond donors (Lipinski definition) is 2. The lowest BCUT2D eigenvalue weighted by molar-refractivity contribution is 0.293. The van der Waals surface area contributed by atoms with E-state index in [9.17, 15) is 5.11 Å². The topological polar surface area (TPSA) is 46.2 Å². The number of phenols is 1. The molecule has 2 aliphatic rings. The van der Waals surface area contributed by atoms with E-state index in [-0.39, 0.29) is 18.4 Å². The Morgan fingerprint density at radius 3 is 2.55 bits per heavy atom. The molecule has 124 valence electrons. The smallest absolute Gasteiger partial charge is 0.124 e. The molecule has 0 heterocycles. The largest absolute Gasteiger partial charge is 0.507 e. The van der Waals surface area contributed by atoms with Crippen molar-refractivity contribution < 1.29 is 5.11 Å². The Morgan fingerprint density at radius 2 is 1.91 bits per heavy atom. The molecule has 0 radical (unpaired) electrons. The van der Waals surface area contributed by atoms with Gasteiger partial charge in [-0.2, -0.15) is 0 Å². The van der Waals surface area contributed by atoms with Crippen LogP contribution in [0, 0.1) is 12.8 Å². The van der Waals surface area contributed by atoms with Gasteiger partial charge in [0.2, 0.25) is 0 Å². The standard InChI is InChI=1S/C19H29NO.ClH/c1-3-14(13-7-5-4-6-8-13)16-11-12(2)15-9-10-17(20)18(15)19(16)21;/h11,13-14,17,21H,3-10,20H2,1-2H3;1H. The first-order valence-electron chi connectivity index (χ1n) is 8.74. The number of benzene rings is 1. The molecule has 3 heteroatoms. The van der Waals surface area contributed by atoms with Crippen LogP contribution in [0.5, 0.6) is 5.75 Å². The molecular formula is C19H30ClNO. The summed E-state index contributed by atoms with van der Waals surface area (Å²) in [6.45, 7) is 4.45. The molecule has 0 aliphatic heterocycles. The van der Waals surface area contributed by atoms with Crippen LogP contribution in [0.2, 0.25) is 0 Å². The molecule has 2 nitrogen and oxygen atoms in total. The van der Waals surface area contributed by atoms with E-state index >= 15 is 0 Å². The quantitative estimate of drug-likeness (QED) is 0.808. The Labute approximate surface area is 140 Å². The second-order valence-corrected chi connectivity index (χ2v) is 7.08. The molecule has 0 saturated heterocycles. The zero-order chi connectivity index (χ0) is 15.0. The van der Waals surface area contributed by atoms with Crippen molar-refractivity contribution in [3.05, 3.63) is 28.3 Å². The molecule has 0 bridgehead atoms. The summed E-state index contributed by atoms with van der Waals surface area (Å²) in [6, 6.07) is 2.29. The third kappa shape index (κ3) is 3.00. The van der Waals surface area contributed by atoms with E-state index in [1.165, 1.54) is 48.8 Å². The maximum absolute atomic E-state index is 10.9. The average molecular weight is 324 g/mol. The molecule has 1 aromatic rings. The SMILES string of the molecule is CCC(c1cc(C)c2c(c1O)C(N)CC2)C1CCCCC1.Cl. The third-order valence-electron chi connectivity index (χ3n) is 5.84. The number of aryl methyl sites for hydroxylation is 1. The predicted octanol–water partition coefficient (Wildman–Crippen LogP) is 5.14. The lowest BCUT2D eigenvalue weighted by atomic mass is 9.74. The normalized spacial score (nSPS) is 23.0. The van der Waals surface area contributed by atoms with Crippen LogP contribution in [0.15, 0.2) is 6.07 Å². The summed E-state index contributed by atoms with van der Waals surface area (Å²) in [5, 5.41) is 10.9. The van der Waals surface area contributed by atoms with E-state index in [0.717, 1.165) is 30.7 Å². The van der Waals surface area contributed by atoms with E-state index in [0.29, 0.717) is 11.7 Å². The molecule has 2 atom stereocenters. The Hall–Kier alpha value is -0.730. The van der Waals surface area contributed by atoms with Crippen molar-refractivity contribution >= 4 is 12.4 Å². The van der Waals surface area contributed by atoms with Crippen LogP contribution >= 0.6 is 12.4 Å². The van der Waals surface area contributed by atoms with Gasteiger partial charge < -0.3 is 10.8 Å². The van der Waals surface area contributed by atoms with Crippen molar-refractivity contribution in [2.24, 2.45) is 11.7 Å². The van der Waals surface area contributed by atoms with Gasteiger partial charge in [0.25, 0.3) is 0 Å². The molecule has 0 spiro atoms. The number of halogens is 1. The van der Waals surface area contributed by atoms with Crippen LogP contribution in [0.3, 0.4) is 0 Å². The van der Waals surface area contributed by atoms with Gasteiger partial charge in [-0.1, -0.05) is 32.3 Å². The van der Waals surface area contributed by atoms with Gasteiger partial charge in [0.15, 0.2) is 0 Å². The third-order valence-corrected chi connectivity index (χ3v) is 5.84. The van der Waals surface area contributed by atoms with Crippen LogP contribution < -0.4 is 5.73 Å². The highest BCUT2D eigenvalue weighted by Gasteiger charge is 2.31. The first-order chi connectivity index (χ1) is 10.1. The van der Waals surface area contributed by atoms with Crippen LogP contribution in [0.25, 0.3) is 0 Å². The molecule has 0 amide bonds. The zero-order valence-corrected chi connectivity index (χ0v) is 14.7. The number of aromatic hydroxyl groups is 1. The van der Waals surface area contributed by atoms with E-state index in [1.807, 2.05) is 0 Å². The number of fused-ring (bicyclic) bond motifs is 1. The number of rotatable bonds is 3. The Bertz CT molecular complexity index is 523. The highest BCUT2D eigenvalue weighted by Crippen LogP contribution is 2.47. The van der Waals surface area contributed by atoms with E-state index in [4.69, 9.17) is 5.73 Å². The Kier molecular flexibility index (Phi) is 5.79. The molecule has 1 saturated carbocycles. The van der Waals surface area contributed by atoms with Crippen molar-refractivity contribution in [2.75, 3.05) is 0 Å². The van der Waals surface area contributed by atoms with E-state index in [2.05, 4.69) is 19.9 Å². The fraction of sp³-hybridized carbons (Fsp3) is 0.684. The molecule has 2 aliphatic carbocycles. The lowest BCUT2D eigenvalue weighted by Crippen LogP contribution is -2.17. The summed E-state index contributed by atoms with van der Waals surface area (Å²) in [5.41, 5.74) is 11.1. The fourth-order valence-electron chi connectivity index (χ4n) is 4.70. The van der Waals surface area contributed by atoms with Crippen LogP contribution in [0.1, 0.15) is 86.1 Å². The van der Waals surface area contributed by atoms with Crippen molar-refractivity contribution in [1.29, 1.82) is 0 Å². The van der Waals surface area contributed by atoms with Crippen molar-refractivity contribution in [3.63, 3.8) is 0 Å². The van der Waals surface area contributed by atoms with Gasteiger partial charge >= 0.3 is 0 Å². The van der Waals surface area contributed by atoms with Crippen molar-refractivity contribution in [3.8, 4) is 5.75 Å². The lowest BCUT2D eigenvalue weighted by Gasteiger charge is -2.31. The summed E-state index contributed by atoms with van der Waals surface area (Å²) >= 11 is 0. The number of hydrogen-bond acceptors (Lipinski definition) is 2. The minimum atomic E-state index is 0. The van der Waals surface area contributed by atoms with E-state index < -0.39 is 0 Å². The van der Waals surface area contributed by atoms with Crippen LogP contribution in [0.4, 0.5) is 0 Å². The fourth-order valence-corrected chi connectivity index (χ4v) is 4.70. The molecule has 3 N–H and O–H groups in total. The van der Waals surface area contributed by atoms with Gasteiger partial charge in [0, 0.05) is 11.6 Å². The highest BCUT2D eigenvalue weighted by molar-refractivity contribution is 5.85.